The van der Waals surface area contributed by atoms with Crippen LogP contribution in [0, 0.1) is 5.92 Å². The summed E-state index contributed by atoms with van der Waals surface area (Å²) in [6.45, 7) is 1.39. The molecule has 0 aliphatic heterocycles. The average Bonchev–Trinajstić information content (AvgIpc) is 3.43. The summed E-state index contributed by atoms with van der Waals surface area (Å²) in [6, 6.07) is 19.2. The van der Waals surface area contributed by atoms with E-state index in [1.165, 1.54) is 6.33 Å². The summed E-state index contributed by atoms with van der Waals surface area (Å²) < 4.78 is 5.63. The number of ether oxygens (including phenoxy) is 1. The first-order valence-corrected chi connectivity index (χ1v) is 14.4. The van der Waals surface area contributed by atoms with Crippen LogP contribution in [0.25, 0.3) is 33.4 Å². The Morgan fingerprint density at radius 1 is 0.929 bits per heavy atom. The van der Waals surface area contributed by atoms with E-state index < -0.39 is 0 Å². The molecule has 212 valence electrons. The highest BCUT2D eigenvalue weighted by molar-refractivity contribution is 6.39. The Balaban J connectivity index is 1.26. The van der Waals surface area contributed by atoms with E-state index in [2.05, 4.69) is 25.6 Å². The highest BCUT2D eigenvalue weighted by atomic mass is 35.5. The lowest BCUT2D eigenvalue weighted by Gasteiger charge is -2.16. The number of halogens is 2. The Morgan fingerprint density at radius 3 is 2.55 bits per heavy atom. The molecule has 2 N–H and O–H groups in total. The molecule has 3 aromatic heterocycles. The van der Waals surface area contributed by atoms with Crippen molar-refractivity contribution in [1.82, 2.24) is 25.3 Å². The lowest BCUT2D eigenvalue weighted by Crippen LogP contribution is -2.21. The fourth-order valence-corrected chi connectivity index (χ4v) is 5.89. The van der Waals surface area contributed by atoms with Gasteiger partial charge in [-0.15, -0.1) is 0 Å². The van der Waals surface area contributed by atoms with E-state index in [1.54, 1.807) is 13.3 Å². The van der Waals surface area contributed by atoms with Gasteiger partial charge >= 0.3 is 0 Å². The minimum atomic E-state index is 0.352. The summed E-state index contributed by atoms with van der Waals surface area (Å²) in [5.74, 6) is 1.83. The van der Waals surface area contributed by atoms with Gasteiger partial charge in [0.15, 0.2) is 5.82 Å². The maximum Gasteiger partial charge on any atom is 0.218 e. The van der Waals surface area contributed by atoms with Crippen LogP contribution in [-0.2, 0) is 11.3 Å². The van der Waals surface area contributed by atoms with E-state index in [4.69, 9.17) is 32.9 Å². The Morgan fingerprint density at radius 2 is 1.74 bits per heavy atom. The summed E-state index contributed by atoms with van der Waals surface area (Å²) in [4.78, 5) is 29.4. The molecule has 0 unspecified atom stereocenters. The van der Waals surface area contributed by atoms with Crippen LogP contribution in [0.3, 0.4) is 0 Å². The van der Waals surface area contributed by atoms with Crippen LogP contribution in [0.1, 0.15) is 24.8 Å². The molecular weight excluding hydrogens is 571 g/mol. The second kappa shape index (κ2) is 12.4. The number of hydrogen-bond donors (Lipinski definition) is 2. The van der Waals surface area contributed by atoms with Crippen molar-refractivity contribution in [3.05, 3.63) is 88.8 Å². The number of ketones is 1. The van der Waals surface area contributed by atoms with Gasteiger partial charge in [-0.3, -0.25) is 9.78 Å². The maximum atomic E-state index is 11.6. The molecule has 1 fully saturated rings. The number of fused-ring (bicyclic) bond motifs is 1. The average molecular weight is 600 g/mol. The molecule has 6 rings (SSSR count). The van der Waals surface area contributed by atoms with Gasteiger partial charge in [-0.25, -0.2) is 15.0 Å². The van der Waals surface area contributed by atoms with Crippen molar-refractivity contribution in [1.29, 1.82) is 0 Å². The number of methoxy groups -OCH3 is 1. The molecule has 1 saturated carbocycles. The number of carbonyl (C=O) groups excluding carboxylic acids is 1. The molecule has 0 spiro atoms. The smallest absolute Gasteiger partial charge is 0.218 e. The second-order valence-electron chi connectivity index (χ2n) is 10.2. The van der Waals surface area contributed by atoms with Gasteiger partial charge in [-0.1, -0.05) is 59.6 Å². The number of Topliss-reactive ketones (excluding diaryl/α,β-unsaturated/α-hetero) is 1. The number of aromatic nitrogens is 4. The van der Waals surface area contributed by atoms with Crippen LogP contribution in [0.4, 0.5) is 11.5 Å². The summed E-state index contributed by atoms with van der Waals surface area (Å²) in [5, 5.41) is 7.78. The first-order chi connectivity index (χ1) is 20.5. The molecule has 8 nitrogen and oxygen atoms in total. The van der Waals surface area contributed by atoms with Gasteiger partial charge in [-0.2, -0.15) is 0 Å². The highest BCUT2D eigenvalue weighted by Crippen LogP contribution is 2.42. The molecule has 1 aliphatic carbocycles. The zero-order valence-corrected chi connectivity index (χ0v) is 24.4. The van der Waals surface area contributed by atoms with E-state index in [1.807, 2.05) is 60.7 Å². The molecule has 10 heteroatoms. The van der Waals surface area contributed by atoms with Gasteiger partial charge < -0.3 is 15.4 Å². The first-order valence-electron chi connectivity index (χ1n) is 13.7. The van der Waals surface area contributed by atoms with E-state index in [9.17, 15) is 4.79 Å². The molecule has 0 saturated heterocycles. The van der Waals surface area contributed by atoms with Crippen LogP contribution in [0.15, 0.2) is 73.2 Å². The largest absolute Gasteiger partial charge is 0.481 e. The number of anilines is 2. The molecule has 0 bridgehead atoms. The predicted octanol–water partition coefficient (Wildman–Crippen LogP) is 7.27. The zero-order valence-electron chi connectivity index (χ0n) is 22.9. The van der Waals surface area contributed by atoms with Gasteiger partial charge in [0.25, 0.3) is 0 Å². The summed E-state index contributed by atoms with van der Waals surface area (Å²) >= 11 is 14.0. The van der Waals surface area contributed by atoms with E-state index in [0.717, 1.165) is 40.7 Å². The third kappa shape index (κ3) is 5.79. The van der Waals surface area contributed by atoms with Crippen molar-refractivity contribution < 1.29 is 9.53 Å². The molecular formula is C32H28Cl2N6O2. The third-order valence-corrected chi connectivity index (χ3v) is 8.25. The fourth-order valence-electron chi connectivity index (χ4n) is 5.29. The summed E-state index contributed by atoms with van der Waals surface area (Å²) in [7, 11) is 1.61. The number of nitrogens with zero attached hydrogens (tertiary/aromatic N) is 4. The van der Waals surface area contributed by atoms with Crippen LogP contribution in [-0.4, -0.2) is 39.4 Å². The monoisotopic (exact) mass is 598 g/mol. The quantitative estimate of drug-likeness (QED) is 0.182. The van der Waals surface area contributed by atoms with Gasteiger partial charge in [0.05, 0.1) is 34.1 Å². The minimum Gasteiger partial charge on any atom is -0.481 e. The van der Waals surface area contributed by atoms with Crippen molar-refractivity contribution in [2.45, 2.75) is 25.8 Å². The summed E-state index contributed by atoms with van der Waals surface area (Å²) in [5.41, 5.74) is 5.96. The third-order valence-electron chi connectivity index (χ3n) is 7.44. The SMILES string of the molecule is COc1nc(-c2cccc(-c3cccc(Nc4ncnc5cccnc45)c3Cl)c2Cl)ccc1CNC[C@@H]1CCC(=O)C1. The molecule has 5 aromatic rings. The van der Waals surface area contributed by atoms with Gasteiger partial charge in [0.2, 0.25) is 5.88 Å². The normalized spacial score (nSPS) is 14.8. The Hall–Kier alpha value is -4.11. The van der Waals surface area contributed by atoms with Crippen LogP contribution in [0.2, 0.25) is 10.0 Å². The molecule has 0 amide bonds. The van der Waals surface area contributed by atoms with Gasteiger partial charge in [0, 0.05) is 47.8 Å². The fraction of sp³-hybridized carbons (Fsp3) is 0.219. The lowest BCUT2D eigenvalue weighted by atomic mass is 10.00. The van der Waals surface area contributed by atoms with E-state index in [0.29, 0.717) is 69.7 Å². The Bertz CT molecular complexity index is 1780. The minimum absolute atomic E-state index is 0.352. The molecule has 1 atom stereocenters. The van der Waals surface area contributed by atoms with Crippen molar-refractivity contribution in [2.75, 3.05) is 19.0 Å². The van der Waals surface area contributed by atoms with Crippen LogP contribution >= 0.6 is 23.2 Å². The Labute approximate surface area is 253 Å². The Kier molecular flexibility index (Phi) is 8.28. The van der Waals surface area contributed by atoms with Crippen molar-refractivity contribution in [3.63, 3.8) is 0 Å². The number of rotatable bonds is 9. The van der Waals surface area contributed by atoms with Crippen LogP contribution < -0.4 is 15.4 Å². The number of benzene rings is 2. The number of pyridine rings is 2. The van der Waals surface area contributed by atoms with Gasteiger partial charge in [0.1, 0.15) is 17.6 Å². The molecule has 0 radical (unpaired) electrons. The van der Waals surface area contributed by atoms with Crippen molar-refractivity contribution in [3.8, 4) is 28.3 Å². The predicted molar refractivity (Wildman–Crippen MR) is 166 cm³/mol. The molecule has 42 heavy (non-hydrogen) atoms. The molecule has 1 aliphatic rings. The zero-order chi connectivity index (χ0) is 29.1. The highest BCUT2D eigenvalue weighted by Gasteiger charge is 2.22. The summed E-state index contributed by atoms with van der Waals surface area (Å²) in [6.07, 6.45) is 5.49. The first kappa shape index (κ1) is 28.0. The molecule has 2 aromatic carbocycles. The van der Waals surface area contributed by atoms with Crippen LogP contribution in [0.5, 0.6) is 5.88 Å². The maximum absolute atomic E-state index is 11.6. The van der Waals surface area contributed by atoms with Gasteiger partial charge in [-0.05, 0) is 43.1 Å². The standard InChI is InChI=1S/C32H28Cl2N6O2/c1-42-32-20(17-35-16-19-10-12-21(41)15-19)11-13-25(40-32)24-7-2-5-22(28(24)33)23-6-3-8-26(29(23)34)39-31-30-27(37-18-38-31)9-4-14-36-30/h2-9,11,13-14,18-19,35H,10,12,15-17H2,1H3,(H,37,38,39)/t19-/m1/s1. The number of nitrogens with one attached hydrogen (secondary N) is 2. The second-order valence-corrected chi connectivity index (χ2v) is 11.0. The topological polar surface area (TPSA) is 102 Å². The number of hydrogen-bond acceptors (Lipinski definition) is 8. The van der Waals surface area contributed by atoms with Crippen molar-refractivity contribution >= 4 is 51.5 Å². The molecule has 3 heterocycles. The van der Waals surface area contributed by atoms with E-state index in [-0.39, 0.29) is 0 Å². The lowest BCUT2D eigenvalue weighted by molar-refractivity contribution is -0.117. The number of carbonyl (C=O) groups is 1. The van der Waals surface area contributed by atoms with Crippen molar-refractivity contribution in [2.24, 2.45) is 5.92 Å². The van der Waals surface area contributed by atoms with E-state index >= 15 is 0 Å².